The minimum absolute atomic E-state index is 0.0350. The normalized spacial score (nSPS) is 10.4. The molecule has 0 atom stereocenters. The summed E-state index contributed by atoms with van der Waals surface area (Å²) < 4.78 is 9.78. The number of hydrogen-bond acceptors (Lipinski definition) is 5. The van der Waals surface area contributed by atoms with Crippen molar-refractivity contribution in [2.75, 3.05) is 31.0 Å². The Morgan fingerprint density at radius 2 is 1.63 bits per heavy atom. The number of methoxy groups -OCH3 is 1. The first-order chi connectivity index (χ1) is 12.9. The van der Waals surface area contributed by atoms with E-state index in [1.54, 1.807) is 45.0 Å². The highest BCUT2D eigenvalue weighted by molar-refractivity contribution is 6.07. The van der Waals surface area contributed by atoms with Crippen LogP contribution in [0.25, 0.3) is 0 Å². The Labute approximate surface area is 157 Å². The number of rotatable bonds is 7. The first-order valence-corrected chi connectivity index (χ1v) is 8.43. The Morgan fingerprint density at radius 1 is 1.04 bits per heavy atom. The molecular weight excluding hydrogens is 350 g/mol. The molecule has 2 amide bonds. The highest BCUT2D eigenvalue weighted by Gasteiger charge is 2.22. The lowest BCUT2D eigenvalue weighted by Gasteiger charge is -2.08. The summed E-state index contributed by atoms with van der Waals surface area (Å²) in [5, 5.41) is 5.42. The zero-order valence-electron chi connectivity index (χ0n) is 15.8. The molecule has 1 heterocycles. The van der Waals surface area contributed by atoms with Crippen molar-refractivity contribution in [3.05, 3.63) is 46.8 Å². The van der Waals surface area contributed by atoms with Crippen molar-refractivity contribution >= 4 is 29.2 Å². The van der Waals surface area contributed by atoms with E-state index in [1.807, 2.05) is 0 Å². The Balaban J connectivity index is 2.10. The predicted octanol–water partition coefficient (Wildman–Crippen LogP) is 2.65. The molecule has 2 aromatic rings. The molecule has 0 radical (unpaired) electrons. The summed E-state index contributed by atoms with van der Waals surface area (Å²) in [6.07, 6.45) is 0. The number of aromatic amines is 1. The number of anilines is 2. The van der Waals surface area contributed by atoms with Crippen LogP contribution in [-0.4, -0.2) is 43.1 Å². The van der Waals surface area contributed by atoms with Crippen molar-refractivity contribution in [1.29, 1.82) is 0 Å². The van der Waals surface area contributed by atoms with Crippen LogP contribution in [0.2, 0.25) is 0 Å². The lowest BCUT2D eigenvalue weighted by Crippen LogP contribution is -2.17. The maximum Gasteiger partial charge on any atom is 0.340 e. The fourth-order valence-corrected chi connectivity index (χ4v) is 2.65. The van der Waals surface area contributed by atoms with Crippen LogP contribution >= 0.6 is 0 Å². The lowest BCUT2D eigenvalue weighted by molar-refractivity contribution is -0.119. The molecule has 0 spiro atoms. The summed E-state index contributed by atoms with van der Waals surface area (Å²) in [5.41, 5.74) is 2.92. The first kappa shape index (κ1) is 20.2. The molecule has 3 N–H and O–H groups in total. The average Bonchev–Trinajstić information content (AvgIpc) is 2.91. The maximum absolute atomic E-state index is 12.5. The molecule has 0 fully saturated rings. The number of nitrogens with one attached hydrogen (secondary N) is 3. The summed E-state index contributed by atoms with van der Waals surface area (Å²) in [6, 6.07) is 6.66. The number of ether oxygens (including phenoxy) is 2. The molecule has 0 saturated heterocycles. The lowest BCUT2D eigenvalue weighted by atomic mass is 10.1. The van der Waals surface area contributed by atoms with Crippen LogP contribution in [0.3, 0.4) is 0 Å². The molecule has 8 heteroatoms. The SMILES string of the molecule is CCOC(=O)c1c(C)[nH]c(C(=O)Nc2ccc(NC(=O)COC)cc2)c1C. The summed E-state index contributed by atoms with van der Waals surface area (Å²) in [4.78, 5) is 39.0. The van der Waals surface area contributed by atoms with Gasteiger partial charge in [0.25, 0.3) is 5.91 Å². The quantitative estimate of drug-likeness (QED) is 0.647. The number of esters is 1. The van der Waals surface area contributed by atoms with E-state index in [0.717, 1.165) is 0 Å². The molecule has 2 rings (SSSR count). The average molecular weight is 373 g/mol. The second-order valence-electron chi connectivity index (χ2n) is 5.86. The number of hydrogen-bond donors (Lipinski definition) is 3. The zero-order valence-corrected chi connectivity index (χ0v) is 15.8. The number of carbonyl (C=O) groups excluding carboxylic acids is 3. The van der Waals surface area contributed by atoms with Crippen molar-refractivity contribution in [2.24, 2.45) is 0 Å². The third-order valence-electron chi connectivity index (χ3n) is 3.85. The largest absolute Gasteiger partial charge is 0.462 e. The zero-order chi connectivity index (χ0) is 20.0. The van der Waals surface area contributed by atoms with Crippen LogP contribution in [-0.2, 0) is 14.3 Å². The third kappa shape index (κ3) is 4.95. The van der Waals surface area contributed by atoms with E-state index in [9.17, 15) is 14.4 Å². The summed E-state index contributed by atoms with van der Waals surface area (Å²) >= 11 is 0. The van der Waals surface area contributed by atoms with Gasteiger partial charge in [0.15, 0.2) is 0 Å². The van der Waals surface area contributed by atoms with Gasteiger partial charge < -0.3 is 25.1 Å². The number of aromatic nitrogens is 1. The minimum Gasteiger partial charge on any atom is -0.462 e. The summed E-state index contributed by atoms with van der Waals surface area (Å²) in [6.45, 7) is 5.36. The number of benzene rings is 1. The second-order valence-corrected chi connectivity index (χ2v) is 5.86. The number of carbonyl (C=O) groups is 3. The Hall–Kier alpha value is -3.13. The van der Waals surface area contributed by atoms with Crippen LogP contribution in [0, 0.1) is 13.8 Å². The topological polar surface area (TPSA) is 110 Å². The van der Waals surface area contributed by atoms with Gasteiger partial charge >= 0.3 is 5.97 Å². The monoisotopic (exact) mass is 373 g/mol. The van der Waals surface area contributed by atoms with Crippen molar-refractivity contribution in [3.63, 3.8) is 0 Å². The van der Waals surface area contributed by atoms with E-state index in [-0.39, 0.29) is 25.0 Å². The molecule has 27 heavy (non-hydrogen) atoms. The van der Waals surface area contributed by atoms with Crippen LogP contribution in [0.4, 0.5) is 11.4 Å². The van der Waals surface area contributed by atoms with Crippen molar-refractivity contribution in [1.82, 2.24) is 4.98 Å². The van der Waals surface area contributed by atoms with Crippen molar-refractivity contribution in [2.45, 2.75) is 20.8 Å². The van der Waals surface area contributed by atoms with Gasteiger partial charge in [-0.3, -0.25) is 9.59 Å². The predicted molar refractivity (Wildman–Crippen MR) is 101 cm³/mol. The third-order valence-corrected chi connectivity index (χ3v) is 3.85. The Kier molecular flexibility index (Phi) is 6.73. The molecule has 0 saturated carbocycles. The first-order valence-electron chi connectivity index (χ1n) is 8.43. The number of aryl methyl sites for hydroxylation is 1. The second kappa shape index (κ2) is 9.00. The molecule has 0 bridgehead atoms. The standard InChI is InChI=1S/C19H23N3O5/c1-5-27-19(25)16-11(2)17(20-12(16)3)18(24)22-14-8-6-13(7-9-14)21-15(23)10-26-4/h6-9,20H,5,10H2,1-4H3,(H,21,23)(H,22,24). The molecular formula is C19H23N3O5. The van der Waals surface area contributed by atoms with Gasteiger partial charge in [-0.2, -0.15) is 0 Å². The van der Waals surface area contributed by atoms with Gasteiger partial charge in [0.1, 0.15) is 12.3 Å². The van der Waals surface area contributed by atoms with Crippen LogP contribution < -0.4 is 10.6 Å². The number of amides is 2. The summed E-state index contributed by atoms with van der Waals surface area (Å²) in [7, 11) is 1.44. The van der Waals surface area contributed by atoms with Gasteiger partial charge in [0.05, 0.1) is 12.2 Å². The highest BCUT2D eigenvalue weighted by Crippen LogP contribution is 2.21. The van der Waals surface area contributed by atoms with E-state index in [0.29, 0.717) is 33.9 Å². The van der Waals surface area contributed by atoms with Crippen molar-refractivity contribution in [3.8, 4) is 0 Å². The fourth-order valence-electron chi connectivity index (χ4n) is 2.65. The van der Waals surface area contributed by atoms with E-state index < -0.39 is 5.97 Å². The van der Waals surface area contributed by atoms with Crippen LogP contribution in [0.15, 0.2) is 24.3 Å². The smallest absolute Gasteiger partial charge is 0.340 e. The molecule has 0 aliphatic heterocycles. The van der Waals surface area contributed by atoms with Crippen LogP contribution in [0.1, 0.15) is 39.0 Å². The molecule has 0 unspecified atom stereocenters. The van der Waals surface area contributed by atoms with E-state index >= 15 is 0 Å². The molecule has 0 aliphatic carbocycles. The fraction of sp³-hybridized carbons (Fsp3) is 0.316. The van der Waals surface area contributed by atoms with Gasteiger partial charge in [-0.15, -0.1) is 0 Å². The Morgan fingerprint density at radius 3 is 2.19 bits per heavy atom. The Bertz CT molecular complexity index is 840. The van der Waals surface area contributed by atoms with E-state index in [2.05, 4.69) is 15.6 Å². The van der Waals surface area contributed by atoms with Crippen molar-refractivity contribution < 1.29 is 23.9 Å². The molecule has 144 valence electrons. The van der Waals surface area contributed by atoms with E-state index in [4.69, 9.17) is 9.47 Å². The maximum atomic E-state index is 12.5. The van der Waals surface area contributed by atoms with E-state index in [1.165, 1.54) is 7.11 Å². The van der Waals surface area contributed by atoms with Gasteiger partial charge in [-0.25, -0.2) is 4.79 Å². The molecule has 8 nitrogen and oxygen atoms in total. The molecule has 0 aliphatic rings. The summed E-state index contributed by atoms with van der Waals surface area (Å²) in [5.74, 6) is -1.10. The molecule has 1 aromatic carbocycles. The minimum atomic E-state index is -0.459. The van der Waals surface area contributed by atoms with Gasteiger partial charge in [-0.1, -0.05) is 0 Å². The van der Waals surface area contributed by atoms with Gasteiger partial charge in [-0.05, 0) is 50.6 Å². The van der Waals surface area contributed by atoms with Crippen LogP contribution in [0.5, 0.6) is 0 Å². The molecule has 1 aromatic heterocycles. The highest BCUT2D eigenvalue weighted by atomic mass is 16.5. The van der Waals surface area contributed by atoms with Gasteiger partial charge in [0, 0.05) is 24.2 Å². The number of H-pyrrole nitrogens is 1. The van der Waals surface area contributed by atoms with Gasteiger partial charge in [0.2, 0.25) is 5.91 Å².